The second kappa shape index (κ2) is 29.4. The average Bonchev–Trinajstić information content (AvgIpc) is 1.71. The maximum atomic E-state index is 15.8. The molecule has 28 heteroatoms. The quantitative estimate of drug-likeness (QED) is 0.0209. The minimum atomic E-state index is -6.24. The summed E-state index contributed by atoms with van der Waals surface area (Å²) in [5, 5.41) is -9.69. The van der Waals surface area contributed by atoms with E-state index >= 15 is 17.6 Å². The van der Waals surface area contributed by atoms with Crippen molar-refractivity contribution < 1.29 is 98.7 Å². The minimum Gasteiger partial charge on any atom is -0.207 e. The summed E-state index contributed by atoms with van der Waals surface area (Å²) in [6, 6.07) is 27.3. The summed E-state index contributed by atoms with van der Waals surface area (Å²) in [4.78, 5) is 0. The number of benzene rings is 7. The van der Waals surface area contributed by atoms with Gasteiger partial charge in [-0.3, -0.25) is 0 Å². The summed E-state index contributed by atoms with van der Waals surface area (Å²) in [5.74, 6) is -46.5. The number of para-hydroxylation sites is 2. The van der Waals surface area contributed by atoms with Crippen molar-refractivity contribution in [2.45, 2.75) is 13.8 Å². The third-order valence-electron chi connectivity index (χ3n) is 11.9. The third-order valence-corrected chi connectivity index (χ3v) is 18.2. The number of hydrogen-bond acceptors (Lipinski definition) is 6. The average molecular weight is 1320 g/mol. The van der Waals surface area contributed by atoms with Crippen LogP contribution in [-0.4, -0.2) is 86.1 Å². The van der Waals surface area contributed by atoms with E-state index in [2.05, 4.69) is 54.6 Å². The van der Waals surface area contributed by atoms with Crippen molar-refractivity contribution >= 4 is 102 Å². The first-order valence-corrected chi connectivity index (χ1v) is 27.9. The summed E-state index contributed by atoms with van der Waals surface area (Å²) in [6.07, 6.45) is -6.24. The van der Waals surface area contributed by atoms with Gasteiger partial charge in [0.15, 0.2) is 69.8 Å². The largest absolute Gasteiger partial charge is 0.207 e. The van der Waals surface area contributed by atoms with Gasteiger partial charge in [0, 0.05) is 20.1 Å². The van der Waals surface area contributed by atoms with Gasteiger partial charge in [-0.1, -0.05) is 46.4 Å². The molecule has 0 bridgehead atoms. The molecule has 0 heterocycles. The van der Waals surface area contributed by atoms with E-state index < -0.39 is 155 Å². The van der Waals surface area contributed by atoms with E-state index in [1.807, 2.05) is 38.1 Å². The van der Waals surface area contributed by atoms with E-state index in [0.717, 1.165) is 11.5 Å². The van der Waals surface area contributed by atoms with Crippen molar-refractivity contribution in [1.82, 2.24) is 0 Å². The van der Waals surface area contributed by atoms with E-state index in [9.17, 15) is 52.7 Å². The normalized spacial score (nSPS) is 11.6. The van der Waals surface area contributed by atoms with Crippen molar-refractivity contribution in [2.75, 3.05) is 66.1 Å². The first kappa shape index (κ1) is 65.8. The Balaban J connectivity index is 0.000000269. The molecule has 0 atom stereocenters. The van der Waals surface area contributed by atoms with E-state index in [1.54, 1.807) is 0 Å². The zero-order chi connectivity index (χ0) is 60.3. The monoisotopic (exact) mass is 1320 g/mol. The van der Waals surface area contributed by atoms with Crippen molar-refractivity contribution in [2.24, 2.45) is 0 Å². The van der Waals surface area contributed by atoms with E-state index in [1.165, 1.54) is 13.4 Å². The van der Waals surface area contributed by atoms with Crippen LogP contribution in [0.15, 0.2) is 78.9 Å². The van der Waals surface area contributed by atoms with Gasteiger partial charge in [0.1, 0.15) is 29.4 Å². The molecule has 82 heavy (non-hydrogen) atoms. The number of ether oxygens (including phenoxy) is 6. The molecule has 0 N–H and O–H groups in total. The fraction of sp³-hybridized carbons (Fsp3) is 0.222. The molecular weight excluding hydrogens is 1280 g/mol. The van der Waals surface area contributed by atoms with Crippen molar-refractivity contribution in [1.29, 1.82) is 0 Å². The molecule has 0 aliphatic rings. The first-order valence-electron chi connectivity index (χ1n) is 23.8. The van der Waals surface area contributed by atoms with Crippen molar-refractivity contribution in [3.05, 3.63) is 192 Å². The minimum absolute atomic E-state index is 0.480. The molecule has 0 spiro atoms. The Morgan fingerprint density at radius 2 is 0.573 bits per heavy atom. The van der Waals surface area contributed by atoms with Crippen LogP contribution >= 0.6 is 46.4 Å². The third kappa shape index (κ3) is 13.3. The van der Waals surface area contributed by atoms with Gasteiger partial charge in [-0.25, -0.2) is 70.2 Å². The van der Waals surface area contributed by atoms with Crippen LogP contribution in [0, 0.1) is 93.1 Å². The van der Waals surface area contributed by atoms with Gasteiger partial charge in [-0.05, 0) is 0 Å². The van der Waals surface area contributed by atoms with Crippen LogP contribution in [0.4, 0.5) is 70.2 Å². The maximum Gasteiger partial charge on any atom is 0.198 e. The van der Waals surface area contributed by atoms with Gasteiger partial charge >= 0.3 is 226 Å². The van der Waals surface area contributed by atoms with Gasteiger partial charge < -0.3 is 0 Å². The van der Waals surface area contributed by atoms with Gasteiger partial charge in [0.2, 0.25) is 0 Å². The molecule has 0 amide bonds. The topological polar surface area (TPSA) is 55.4 Å². The van der Waals surface area contributed by atoms with Crippen LogP contribution in [0.2, 0.25) is 20.1 Å². The summed E-state index contributed by atoms with van der Waals surface area (Å²) in [6.45, 7) is 9.69. The Morgan fingerprint density at radius 3 is 0.878 bits per heavy atom. The molecule has 440 valence electrons. The molecule has 0 unspecified atom stereocenters. The maximum absolute atomic E-state index is 15.8. The Labute approximate surface area is 481 Å². The van der Waals surface area contributed by atoms with Gasteiger partial charge in [-0.2, -0.15) is 0 Å². The molecule has 0 fully saturated rings. The zero-order valence-corrected chi connectivity index (χ0v) is 46.8. The fourth-order valence-electron chi connectivity index (χ4n) is 8.43. The zero-order valence-electron chi connectivity index (χ0n) is 42.1. The molecule has 7 rings (SSSR count). The molecule has 0 aromatic heterocycles. The molecule has 0 saturated carbocycles. The van der Waals surface area contributed by atoms with E-state index in [0.29, 0.717) is 66.1 Å². The molecule has 0 aliphatic heterocycles. The molecule has 7 aromatic carbocycles. The van der Waals surface area contributed by atoms with Crippen molar-refractivity contribution in [3.63, 3.8) is 0 Å². The molecular formula is C54H39BCl4F16O6Se. The number of rotatable bonds is 23. The molecule has 0 aliphatic carbocycles. The Hall–Kier alpha value is -5.40. The summed E-state index contributed by atoms with van der Waals surface area (Å²) in [7, 11) is 0. The van der Waals surface area contributed by atoms with E-state index in [-0.39, 0.29) is 0 Å². The van der Waals surface area contributed by atoms with Crippen molar-refractivity contribution in [3.8, 4) is 11.5 Å². The predicted molar refractivity (Wildman–Crippen MR) is 279 cm³/mol. The number of halogens is 20. The van der Waals surface area contributed by atoms with E-state index in [4.69, 9.17) is 74.8 Å². The van der Waals surface area contributed by atoms with Gasteiger partial charge in [0.25, 0.3) is 0 Å². The molecule has 0 radical (unpaired) electrons. The second-order valence-corrected chi connectivity index (χ2v) is 22.3. The Kier molecular flexibility index (Phi) is 23.6. The van der Waals surface area contributed by atoms with Gasteiger partial charge in [0.05, 0.1) is 0 Å². The molecule has 0 saturated heterocycles. The number of hydrogen-bond donors (Lipinski definition) is 0. The van der Waals surface area contributed by atoms with Crippen LogP contribution in [0.25, 0.3) is 0 Å². The SMILES string of the molecule is CCOCCOCCOc1ccccc1[Se+](c1ccccc1)c1ccccc1OCCOCCOCC.Fc1c(F)c(F)c([B-](c2c(F)c(F)c(F)c(F)c2Cl)(c2c(F)c(F)c(F)c(F)c2Cl)c2c(F)c(F)c(F)c(F)c2Cl)c(Cl)c1F. The predicted octanol–water partition coefficient (Wildman–Crippen LogP) is 11.0. The Morgan fingerprint density at radius 1 is 0.317 bits per heavy atom. The fourth-order valence-corrected chi connectivity index (χ4v) is 14.5. The van der Waals surface area contributed by atoms with Crippen LogP contribution in [0.1, 0.15) is 13.8 Å². The van der Waals surface area contributed by atoms with Gasteiger partial charge in [-0.15, -0.1) is 21.9 Å². The van der Waals surface area contributed by atoms with Crippen LogP contribution in [-0.2, 0) is 18.9 Å². The van der Waals surface area contributed by atoms with Crippen LogP contribution < -0.4 is 44.7 Å². The summed E-state index contributed by atoms with van der Waals surface area (Å²) >= 11 is 20.6. The first-order chi connectivity index (χ1) is 39.0. The Bertz CT molecular complexity index is 2970. The smallest absolute Gasteiger partial charge is 0.198 e. The molecule has 7 aromatic rings. The van der Waals surface area contributed by atoms with Crippen LogP contribution in [0.5, 0.6) is 11.5 Å². The summed E-state index contributed by atoms with van der Waals surface area (Å²) < 4.78 is 276. The second-order valence-electron chi connectivity index (χ2n) is 16.6. The van der Waals surface area contributed by atoms with Crippen LogP contribution in [0.3, 0.4) is 0 Å². The molecule has 6 nitrogen and oxygen atoms in total. The summed E-state index contributed by atoms with van der Waals surface area (Å²) in [5.41, 5.74) is -10.7. The standard InChI is InChI=1S/C30H39O6Se.C24BCl4F16/c1-3-31-18-20-33-22-24-35-27-14-8-10-16-29(27)37(26-12-6-5-7-13-26)30-17-11-9-15-28(30)36-25-23-34-21-19-32-4-2;26-5-1(9(30)17(38)21(42)13(5)34)25(2-6(27)14(35)22(43)18(39)10(2)31,3-7(28)15(36)23(44)19(40)11(3)32)4-8(29)16(37)24(45)20(41)12(4)33/h5-17H,3-4,18-25H2,1-2H3;/q+1;-1.